The van der Waals surface area contributed by atoms with E-state index < -0.39 is 10.9 Å². The van der Waals surface area contributed by atoms with E-state index in [9.17, 15) is 14.4 Å². The van der Waals surface area contributed by atoms with E-state index >= 15 is 0 Å². The highest BCUT2D eigenvalue weighted by Crippen LogP contribution is 2.27. The van der Waals surface area contributed by atoms with Crippen LogP contribution in [-0.2, 0) is 6.54 Å². The summed E-state index contributed by atoms with van der Waals surface area (Å²) >= 11 is 0. The number of anilines is 3. The Bertz CT molecular complexity index is 1180. The molecular weight excluding hydrogens is 422 g/mol. The standard InChI is InChI=1S/C25H27N3O5/c1-32-19-12-18(13-20(14-19)33-2)27-25(31)17-8-6-16(7-9-17)15-26-21-22(24(30)23(21)29)28-10-4-3-5-11-28/h6-9,12-14,26H,3-5,10-11,15H2,1-2H3,(H,27,31). The van der Waals surface area contributed by atoms with Crippen molar-refractivity contribution in [1.29, 1.82) is 0 Å². The summed E-state index contributed by atoms with van der Waals surface area (Å²) in [5, 5.41) is 5.95. The number of methoxy groups -OCH3 is 2. The Hall–Kier alpha value is -3.81. The van der Waals surface area contributed by atoms with Crippen molar-refractivity contribution in [2.75, 3.05) is 42.8 Å². The van der Waals surface area contributed by atoms with E-state index in [1.807, 2.05) is 17.0 Å². The van der Waals surface area contributed by atoms with Crippen molar-refractivity contribution < 1.29 is 14.3 Å². The van der Waals surface area contributed by atoms with E-state index in [0.717, 1.165) is 37.9 Å². The van der Waals surface area contributed by atoms with Crippen LogP contribution in [-0.4, -0.2) is 33.2 Å². The Balaban J connectivity index is 1.39. The highest BCUT2D eigenvalue weighted by molar-refractivity contribution is 6.04. The summed E-state index contributed by atoms with van der Waals surface area (Å²) in [6.45, 7) is 2.01. The summed E-state index contributed by atoms with van der Waals surface area (Å²) in [6.07, 6.45) is 3.22. The number of hydrogen-bond donors (Lipinski definition) is 2. The smallest absolute Gasteiger partial charge is 0.255 e. The van der Waals surface area contributed by atoms with E-state index in [0.29, 0.717) is 40.7 Å². The molecule has 1 heterocycles. The van der Waals surface area contributed by atoms with Gasteiger partial charge < -0.3 is 25.0 Å². The number of rotatable bonds is 8. The second-order valence-corrected chi connectivity index (χ2v) is 8.04. The summed E-state index contributed by atoms with van der Waals surface area (Å²) in [4.78, 5) is 38.8. The third-order valence-electron chi connectivity index (χ3n) is 5.85. The number of carbonyl (C=O) groups is 1. The van der Waals surface area contributed by atoms with Crippen LogP contribution in [0.3, 0.4) is 0 Å². The number of hydrogen-bond acceptors (Lipinski definition) is 7. The van der Waals surface area contributed by atoms with Crippen molar-refractivity contribution in [1.82, 2.24) is 0 Å². The van der Waals surface area contributed by atoms with Gasteiger partial charge in [-0.3, -0.25) is 14.4 Å². The predicted octanol–water partition coefficient (Wildman–Crippen LogP) is 3.15. The van der Waals surface area contributed by atoms with Crippen LogP contribution in [0.1, 0.15) is 35.2 Å². The van der Waals surface area contributed by atoms with Gasteiger partial charge in [0, 0.05) is 49.1 Å². The molecule has 1 saturated heterocycles. The Labute approximate surface area is 191 Å². The van der Waals surface area contributed by atoms with Gasteiger partial charge in [0.15, 0.2) is 0 Å². The minimum atomic E-state index is -0.458. The topological polar surface area (TPSA) is 97.0 Å². The van der Waals surface area contributed by atoms with Crippen molar-refractivity contribution in [2.24, 2.45) is 0 Å². The van der Waals surface area contributed by atoms with Gasteiger partial charge in [-0.25, -0.2) is 0 Å². The molecule has 2 N–H and O–H groups in total. The van der Waals surface area contributed by atoms with Gasteiger partial charge in [0.1, 0.15) is 22.9 Å². The minimum Gasteiger partial charge on any atom is -0.497 e. The summed E-state index contributed by atoms with van der Waals surface area (Å²) in [7, 11) is 3.09. The molecule has 0 spiro atoms. The normalized spacial score (nSPS) is 13.6. The fourth-order valence-electron chi connectivity index (χ4n) is 4.01. The van der Waals surface area contributed by atoms with Gasteiger partial charge >= 0.3 is 0 Å². The van der Waals surface area contributed by atoms with Gasteiger partial charge in [-0.05, 0) is 37.0 Å². The van der Waals surface area contributed by atoms with Gasteiger partial charge in [-0.15, -0.1) is 0 Å². The maximum absolute atomic E-state index is 12.6. The monoisotopic (exact) mass is 449 g/mol. The number of piperidine rings is 1. The van der Waals surface area contributed by atoms with Crippen molar-refractivity contribution in [2.45, 2.75) is 25.8 Å². The molecule has 4 rings (SSSR count). The lowest BCUT2D eigenvalue weighted by atomic mass is 10.1. The third kappa shape index (κ3) is 4.84. The molecule has 0 saturated carbocycles. The second-order valence-electron chi connectivity index (χ2n) is 8.04. The molecule has 33 heavy (non-hydrogen) atoms. The minimum absolute atomic E-state index is 0.264. The van der Waals surface area contributed by atoms with Crippen LogP contribution >= 0.6 is 0 Å². The molecule has 3 aromatic carbocycles. The Morgan fingerprint density at radius 2 is 1.55 bits per heavy atom. The lowest BCUT2D eigenvalue weighted by Crippen LogP contribution is -2.44. The molecule has 1 aliphatic heterocycles. The SMILES string of the molecule is COc1cc(NC(=O)c2ccc(CNc3c(N4CCCCC4)c(=O)c3=O)cc2)cc(OC)c1. The molecule has 0 aliphatic carbocycles. The summed E-state index contributed by atoms with van der Waals surface area (Å²) in [5.41, 5.74) is 2.00. The summed E-state index contributed by atoms with van der Waals surface area (Å²) in [5.74, 6) is 0.890. The Kier molecular flexibility index (Phi) is 6.63. The molecule has 0 bridgehead atoms. The molecule has 8 heteroatoms. The first-order valence-corrected chi connectivity index (χ1v) is 11.0. The number of nitrogens with one attached hydrogen (secondary N) is 2. The second kappa shape index (κ2) is 9.77. The maximum Gasteiger partial charge on any atom is 0.255 e. The molecule has 0 atom stereocenters. The van der Waals surface area contributed by atoms with Crippen LogP contribution in [0.15, 0.2) is 52.1 Å². The maximum atomic E-state index is 12.6. The molecule has 1 fully saturated rings. The number of amides is 1. The van der Waals surface area contributed by atoms with Gasteiger partial charge in [0.2, 0.25) is 0 Å². The van der Waals surface area contributed by atoms with E-state index in [-0.39, 0.29) is 5.91 Å². The van der Waals surface area contributed by atoms with Crippen LogP contribution in [0.2, 0.25) is 0 Å². The van der Waals surface area contributed by atoms with Gasteiger partial charge in [-0.2, -0.15) is 0 Å². The summed E-state index contributed by atoms with van der Waals surface area (Å²) in [6, 6.07) is 12.2. The molecule has 1 aliphatic rings. The van der Waals surface area contributed by atoms with Crippen LogP contribution in [0.4, 0.5) is 17.1 Å². The summed E-state index contributed by atoms with van der Waals surface area (Å²) < 4.78 is 10.5. The zero-order valence-corrected chi connectivity index (χ0v) is 18.8. The lowest BCUT2D eigenvalue weighted by Gasteiger charge is -2.30. The highest BCUT2D eigenvalue weighted by atomic mass is 16.5. The van der Waals surface area contributed by atoms with E-state index in [4.69, 9.17) is 9.47 Å². The van der Waals surface area contributed by atoms with Crippen molar-refractivity contribution in [3.05, 3.63) is 74.0 Å². The highest BCUT2D eigenvalue weighted by Gasteiger charge is 2.26. The average molecular weight is 450 g/mol. The van der Waals surface area contributed by atoms with Crippen molar-refractivity contribution in [3.63, 3.8) is 0 Å². The Morgan fingerprint density at radius 1 is 0.909 bits per heavy atom. The first kappa shape index (κ1) is 22.4. The zero-order chi connectivity index (χ0) is 23.4. The number of ether oxygens (including phenoxy) is 2. The molecular formula is C25H27N3O5. The quantitative estimate of drug-likeness (QED) is 0.510. The zero-order valence-electron chi connectivity index (χ0n) is 18.8. The number of nitrogens with zero attached hydrogens (tertiary/aromatic N) is 1. The predicted molar refractivity (Wildman–Crippen MR) is 129 cm³/mol. The molecule has 8 nitrogen and oxygen atoms in total. The van der Waals surface area contributed by atoms with E-state index in [1.54, 1.807) is 44.6 Å². The molecule has 0 aromatic heterocycles. The first-order chi connectivity index (χ1) is 16.0. The Morgan fingerprint density at radius 3 is 2.15 bits per heavy atom. The van der Waals surface area contributed by atoms with Crippen LogP contribution < -0.4 is 35.9 Å². The van der Waals surface area contributed by atoms with Crippen LogP contribution in [0.5, 0.6) is 11.5 Å². The van der Waals surface area contributed by atoms with Crippen molar-refractivity contribution >= 4 is 23.0 Å². The van der Waals surface area contributed by atoms with E-state index in [2.05, 4.69) is 10.6 Å². The van der Waals surface area contributed by atoms with Gasteiger partial charge in [-0.1, -0.05) is 12.1 Å². The average Bonchev–Trinajstić information content (AvgIpc) is 2.86. The van der Waals surface area contributed by atoms with Crippen LogP contribution in [0.25, 0.3) is 0 Å². The fraction of sp³-hybridized carbons (Fsp3) is 0.320. The first-order valence-electron chi connectivity index (χ1n) is 11.0. The van der Waals surface area contributed by atoms with Gasteiger partial charge in [0.25, 0.3) is 16.8 Å². The molecule has 0 radical (unpaired) electrons. The molecule has 0 unspecified atom stereocenters. The fourth-order valence-corrected chi connectivity index (χ4v) is 4.01. The van der Waals surface area contributed by atoms with Crippen molar-refractivity contribution in [3.8, 4) is 11.5 Å². The lowest BCUT2D eigenvalue weighted by molar-refractivity contribution is 0.102. The van der Waals surface area contributed by atoms with E-state index in [1.165, 1.54) is 0 Å². The molecule has 3 aromatic rings. The third-order valence-corrected chi connectivity index (χ3v) is 5.85. The van der Waals surface area contributed by atoms with Crippen LogP contribution in [0, 0.1) is 0 Å². The number of benzene rings is 2. The molecule has 172 valence electrons. The number of carbonyl (C=O) groups excluding carboxylic acids is 1. The van der Waals surface area contributed by atoms with Gasteiger partial charge in [0.05, 0.1) is 14.2 Å². The largest absolute Gasteiger partial charge is 0.497 e. The molecule has 1 amide bonds.